The van der Waals surface area contributed by atoms with Gasteiger partial charge in [0, 0.05) is 19.1 Å². The van der Waals surface area contributed by atoms with Gasteiger partial charge in [0.15, 0.2) is 0 Å². The molecule has 39 heavy (non-hydrogen) atoms. The molecule has 1 heterocycles. The maximum atomic E-state index is 13.9. The van der Waals surface area contributed by atoms with E-state index in [-0.39, 0.29) is 25.0 Å². The third-order valence-electron chi connectivity index (χ3n) is 7.18. The zero-order chi connectivity index (χ0) is 28.5. The molecule has 212 valence electrons. The number of hydrogen-bond acceptors (Lipinski definition) is 5. The normalized spacial score (nSPS) is 19.5. The van der Waals surface area contributed by atoms with Gasteiger partial charge in [-0.3, -0.25) is 18.9 Å². The van der Waals surface area contributed by atoms with Crippen molar-refractivity contribution in [2.24, 2.45) is 0 Å². The molecule has 3 rings (SSSR count). The molecule has 1 unspecified atom stereocenters. The van der Waals surface area contributed by atoms with Gasteiger partial charge >= 0.3 is 0 Å². The van der Waals surface area contributed by atoms with E-state index in [4.69, 9.17) is 0 Å². The quantitative estimate of drug-likeness (QED) is 0.295. The molecule has 3 amide bonds. The van der Waals surface area contributed by atoms with Crippen molar-refractivity contribution in [1.29, 1.82) is 0 Å². The van der Waals surface area contributed by atoms with Crippen LogP contribution in [0.1, 0.15) is 50.8 Å². The topological polar surface area (TPSA) is 131 Å². The van der Waals surface area contributed by atoms with Gasteiger partial charge in [-0.1, -0.05) is 67.6 Å². The highest BCUT2D eigenvalue weighted by Gasteiger charge is 2.43. The van der Waals surface area contributed by atoms with Gasteiger partial charge in [0.1, 0.15) is 12.1 Å². The molecule has 11 heteroatoms. The Morgan fingerprint density at radius 3 is 2.08 bits per heavy atom. The van der Waals surface area contributed by atoms with Crippen LogP contribution in [0.25, 0.3) is 0 Å². The van der Waals surface area contributed by atoms with E-state index in [1.54, 1.807) is 20.9 Å². The molecule has 0 saturated carbocycles. The Labute approximate surface area is 232 Å². The van der Waals surface area contributed by atoms with Gasteiger partial charge in [-0.25, -0.2) is 4.21 Å². The van der Waals surface area contributed by atoms with E-state index in [1.165, 1.54) is 9.21 Å². The molecule has 0 aromatic heterocycles. The van der Waals surface area contributed by atoms with Gasteiger partial charge in [0.2, 0.25) is 29.0 Å². The number of amides is 3. The van der Waals surface area contributed by atoms with E-state index in [1.807, 2.05) is 67.6 Å². The van der Waals surface area contributed by atoms with Crippen LogP contribution in [0.2, 0.25) is 0 Å². The lowest BCUT2D eigenvalue weighted by Crippen LogP contribution is -2.60. The number of nitrogens with one attached hydrogen (secondary N) is 3. The third-order valence-corrected chi connectivity index (χ3v) is 8.03. The molecule has 5 atom stereocenters. The molecule has 4 N–H and O–H groups in total. The van der Waals surface area contributed by atoms with Crippen molar-refractivity contribution >= 4 is 29.0 Å². The standard InChI is InChI=1S/C28H39N5O5S/c1-5-32(39(37)38)18-23(30-26(34)20(3)29-4)28(36)33-19(2)16-17-24(33)27(35)31-25(21-12-8-6-9-13-21)22-14-10-7-11-15-22/h6-15,19-20,23-25,29H,5,16-18H2,1-4H3,(H,30,34)(H,31,35)(H,37,38)/t19-,20-,23-,24-/m0/s1. The maximum absolute atomic E-state index is 13.9. The Morgan fingerprint density at radius 2 is 1.59 bits per heavy atom. The smallest absolute Gasteiger partial charge is 0.247 e. The summed E-state index contributed by atoms with van der Waals surface area (Å²) in [5.41, 5.74) is 1.83. The highest BCUT2D eigenvalue weighted by atomic mass is 32.2. The lowest BCUT2D eigenvalue weighted by molar-refractivity contribution is -0.143. The highest BCUT2D eigenvalue weighted by Crippen LogP contribution is 2.28. The summed E-state index contributed by atoms with van der Waals surface area (Å²) >= 11 is -2.33. The second-order valence-corrected chi connectivity index (χ2v) is 10.7. The molecule has 2 aromatic rings. The Morgan fingerprint density at radius 1 is 1.03 bits per heavy atom. The van der Waals surface area contributed by atoms with Gasteiger partial charge in [0.05, 0.1) is 12.1 Å². The predicted molar refractivity (Wildman–Crippen MR) is 151 cm³/mol. The van der Waals surface area contributed by atoms with Gasteiger partial charge in [-0.15, -0.1) is 0 Å². The molecule has 0 bridgehead atoms. The maximum Gasteiger partial charge on any atom is 0.247 e. The first-order valence-corrected chi connectivity index (χ1v) is 14.3. The molecular formula is C28H39N5O5S. The lowest BCUT2D eigenvalue weighted by Gasteiger charge is -2.34. The van der Waals surface area contributed by atoms with Crippen molar-refractivity contribution in [2.45, 2.75) is 63.8 Å². The number of hydrogen-bond donors (Lipinski definition) is 4. The number of benzene rings is 2. The Bertz CT molecular complexity index is 1100. The minimum atomic E-state index is -2.33. The number of likely N-dealkylation sites (tertiary alicyclic amines) is 1. The second-order valence-electron chi connectivity index (χ2n) is 9.73. The average molecular weight is 558 g/mol. The van der Waals surface area contributed by atoms with Crippen LogP contribution in [0.5, 0.6) is 0 Å². The van der Waals surface area contributed by atoms with Crippen LogP contribution in [0.3, 0.4) is 0 Å². The van der Waals surface area contributed by atoms with E-state index >= 15 is 0 Å². The summed E-state index contributed by atoms with van der Waals surface area (Å²) < 4.78 is 22.7. The molecule has 0 aliphatic carbocycles. The SMILES string of the molecule is CCN(C[C@H](NC(=O)[C@H](C)NC)C(=O)N1[C@@H](C)CC[C@H]1C(=O)NC(c1ccccc1)c1ccccc1)S(=O)O. The van der Waals surface area contributed by atoms with Crippen LogP contribution < -0.4 is 16.0 Å². The molecule has 0 radical (unpaired) electrons. The molecule has 1 aliphatic heterocycles. The van der Waals surface area contributed by atoms with Crippen molar-refractivity contribution in [3.63, 3.8) is 0 Å². The van der Waals surface area contributed by atoms with E-state index in [9.17, 15) is 23.1 Å². The summed E-state index contributed by atoms with van der Waals surface area (Å²) in [6.07, 6.45) is 1.08. The highest BCUT2D eigenvalue weighted by molar-refractivity contribution is 7.76. The number of carbonyl (C=O) groups is 3. The van der Waals surface area contributed by atoms with E-state index < -0.39 is 47.2 Å². The Kier molecular flexibility index (Phi) is 11.2. The van der Waals surface area contributed by atoms with Gasteiger partial charge < -0.3 is 20.9 Å². The lowest BCUT2D eigenvalue weighted by atomic mass is 9.98. The minimum absolute atomic E-state index is 0.172. The Balaban J connectivity index is 1.88. The van der Waals surface area contributed by atoms with Crippen molar-refractivity contribution in [1.82, 2.24) is 25.2 Å². The van der Waals surface area contributed by atoms with E-state index in [2.05, 4.69) is 16.0 Å². The zero-order valence-corrected chi connectivity index (χ0v) is 23.7. The van der Waals surface area contributed by atoms with Crippen LogP contribution in [0, 0.1) is 0 Å². The second kappa shape index (κ2) is 14.3. The van der Waals surface area contributed by atoms with Crippen molar-refractivity contribution in [3.8, 4) is 0 Å². The van der Waals surface area contributed by atoms with Gasteiger partial charge in [-0.2, -0.15) is 4.31 Å². The van der Waals surface area contributed by atoms with Crippen molar-refractivity contribution in [3.05, 3.63) is 71.8 Å². The first-order valence-electron chi connectivity index (χ1n) is 13.2. The summed E-state index contributed by atoms with van der Waals surface area (Å²) in [5, 5.41) is 8.70. The molecule has 1 aliphatic rings. The minimum Gasteiger partial charge on any atom is -0.343 e. The molecule has 0 spiro atoms. The predicted octanol–water partition coefficient (Wildman–Crippen LogP) is 1.82. The fourth-order valence-electron chi connectivity index (χ4n) is 4.80. The molecule has 1 saturated heterocycles. The summed E-state index contributed by atoms with van der Waals surface area (Å²) in [5.74, 6) is -1.18. The van der Waals surface area contributed by atoms with Crippen LogP contribution >= 0.6 is 0 Å². The molecular weight excluding hydrogens is 518 g/mol. The first kappa shape index (κ1) is 30.4. The van der Waals surface area contributed by atoms with Crippen LogP contribution in [0.4, 0.5) is 0 Å². The number of likely N-dealkylation sites (N-methyl/N-ethyl adjacent to an activating group) is 2. The zero-order valence-electron chi connectivity index (χ0n) is 22.9. The van der Waals surface area contributed by atoms with E-state index in [0.29, 0.717) is 12.8 Å². The summed E-state index contributed by atoms with van der Waals surface area (Å²) in [4.78, 5) is 41.9. The monoisotopic (exact) mass is 557 g/mol. The summed E-state index contributed by atoms with van der Waals surface area (Å²) in [7, 11) is 1.63. The van der Waals surface area contributed by atoms with Crippen LogP contribution in [0.15, 0.2) is 60.7 Å². The fraction of sp³-hybridized carbons (Fsp3) is 0.464. The fourth-order valence-corrected chi connectivity index (χ4v) is 5.30. The summed E-state index contributed by atoms with van der Waals surface area (Å²) in [6.45, 7) is 5.23. The van der Waals surface area contributed by atoms with E-state index in [0.717, 1.165) is 11.1 Å². The van der Waals surface area contributed by atoms with Crippen molar-refractivity contribution in [2.75, 3.05) is 20.1 Å². The summed E-state index contributed by atoms with van der Waals surface area (Å²) in [6, 6.07) is 16.1. The molecule has 1 fully saturated rings. The van der Waals surface area contributed by atoms with Crippen LogP contribution in [-0.2, 0) is 25.7 Å². The number of nitrogens with zero attached hydrogens (tertiary/aromatic N) is 2. The largest absolute Gasteiger partial charge is 0.343 e. The van der Waals surface area contributed by atoms with Crippen molar-refractivity contribution < 1.29 is 23.1 Å². The third kappa shape index (κ3) is 7.72. The molecule has 10 nitrogen and oxygen atoms in total. The first-order chi connectivity index (χ1) is 18.7. The average Bonchev–Trinajstić information content (AvgIpc) is 3.34. The Hall–Kier alpha value is -3.12. The number of carbonyl (C=O) groups excluding carboxylic acids is 3. The number of rotatable bonds is 12. The molecule has 2 aromatic carbocycles. The van der Waals surface area contributed by atoms with Gasteiger partial charge in [0.25, 0.3) is 0 Å². The van der Waals surface area contributed by atoms with Gasteiger partial charge in [-0.05, 0) is 44.9 Å². The van der Waals surface area contributed by atoms with Crippen LogP contribution in [-0.4, -0.2) is 80.0 Å².